The fourth-order valence-corrected chi connectivity index (χ4v) is 2.06. The lowest BCUT2D eigenvalue weighted by Gasteiger charge is -2.24. The van der Waals surface area contributed by atoms with Crippen molar-refractivity contribution in [3.8, 4) is 0 Å². The summed E-state index contributed by atoms with van der Waals surface area (Å²) in [4.78, 5) is 11.9. The first-order chi connectivity index (χ1) is 9.97. The molecule has 21 heavy (non-hydrogen) atoms. The van der Waals surface area contributed by atoms with Crippen molar-refractivity contribution in [1.82, 2.24) is 5.32 Å². The highest BCUT2D eigenvalue weighted by Gasteiger charge is 2.23. The van der Waals surface area contributed by atoms with E-state index in [0.717, 1.165) is 5.56 Å². The van der Waals surface area contributed by atoms with Gasteiger partial charge >= 0.3 is 0 Å². The normalized spacial score (nSPS) is 13.5. The quantitative estimate of drug-likeness (QED) is 0.887. The van der Waals surface area contributed by atoms with Crippen LogP contribution in [-0.4, -0.2) is 17.6 Å². The zero-order chi connectivity index (χ0) is 15.3. The minimum Gasteiger partial charge on any atom is -0.384 e. The van der Waals surface area contributed by atoms with Crippen LogP contribution in [-0.2, 0) is 16.8 Å². The van der Waals surface area contributed by atoms with Crippen LogP contribution >= 0.6 is 0 Å². The lowest BCUT2D eigenvalue weighted by Crippen LogP contribution is -2.39. The Hall–Kier alpha value is -2.20. The minimum absolute atomic E-state index is 0.0859. The molecule has 2 N–H and O–H groups in total. The first kappa shape index (κ1) is 15.2. The van der Waals surface area contributed by atoms with E-state index in [1.807, 2.05) is 18.2 Å². The van der Waals surface area contributed by atoms with Crippen molar-refractivity contribution < 1.29 is 14.3 Å². The molecule has 0 radical (unpaired) electrons. The summed E-state index contributed by atoms with van der Waals surface area (Å²) in [6.07, 6.45) is 0.0859. The Morgan fingerprint density at radius 1 is 1.19 bits per heavy atom. The van der Waals surface area contributed by atoms with Gasteiger partial charge in [0.1, 0.15) is 11.4 Å². The summed E-state index contributed by atoms with van der Waals surface area (Å²) >= 11 is 0. The second kappa shape index (κ2) is 6.50. The van der Waals surface area contributed by atoms with Crippen molar-refractivity contribution in [2.45, 2.75) is 18.9 Å². The molecular weight excluding hydrogens is 269 g/mol. The van der Waals surface area contributed by atoms with E-state index < -0.39 is 5.60 Å². The van der Waals surface area contributed by atoms with E-state index in [9.17, 15) is 14.3 Å². The molecule has 0 aliphatic rings. The fourth-order valence-electron chi connectivity index (χ4n) is 2.06. The van der Waals surface area contributed by atoms with E-state index >= 15 is 0 Å². The molecule has 2 aromatic carbocycles. The molecule has 0 spiro atoms. The Bertz CT molecular complexity index is 611. The van der Waals surface area contributed by atoms with Gasteiger partial charge in [-0.25, -0.2) is 4.39 Å². The van der Waals surface area contributed by atoms with Gasteiger partial charge in [-0.1, -0.05) is 42.5 Å². The van der Waals surface area contributed by atoms with Crippen LogP contribution in [0.2, 0.25) is 0 Å². The molecule has 0 aromatic heterocycles. The summed E-state index contributed by atoms with van der Waals surface area (Å²) in [6, 6.07) is 15.1. The number of benzene rings is 2. The largest absolute Gasteiger partial charge is 0.384 e. The van der Waals surface area contributed by atoms with Crippen LogP contribution in [0.1, 0.15) is 18.1 Å². The molecule has 110 valence electrons. The van der Waals surface area contributed by atoms with Crippen LogP contribution in [0.15, 0.2) is 54.6 Å². The van der Waals surface area contributed by atoms with E-state index in [1.54, 1.807) is 31.2 Å². The van der Waals surface area contributed by atoms with Gasteiger partial charge < -0.3 is 10.4 Å². The number of nitrogens with one attached hydrogen (secondary N) is 1. The molecule has 0 saturated carbocycles. The van der Waals surface area contributed by atoms with Crippen LogP contribution in [0.5, 0.6) is 0 Å². The number of hydrogen-bond donors (Lipinski definition) is 2. The van der Waals surface area contributed by atoms with Gasteiger partial charge in [0, 0.05) is 0 Å². The zero-order valence-corrected chi connectivity index (χ0v) is 11.8. The average molecular weight is 287 g/mol. The molecule has 3 nitrogen and oxygen atoms in total. The fraction of sp³-hybridized carbons (Fsp3) is 0.235. The topological polar surface area (TPSA) is 49.3 Å². The van der Waals surface area contributed by atoms with Crippen LogP contribution in [0.3, 0.4) is 0 Å². The van der Waals surface area contributed by atoms with Gasteiger partial charge in [0.25, 0.3) is 0 Å². The second-order valence-corrected chi connectivity index (χ2v) is 5.22. The predicted molar refractivity (Wildman–Crippen MR) is 79.1 cm³/mol. The first-order valence-corrected chi connectivity index (χ1v) is 6.76. The standard InChI is InChI=1S/C17H18FNO2/c1-17(21,14-7-3-2-4-8-14)12-19-16(20)11-13-6-5-9-15(18)10-13/h2-10,21H,11-12H2,1H3,(H,19,20). The average Bonchev–Trinajstić information content (AvgIpc) is 2.46. The molecule has 2 aromatic rings. The SMILES string of the molecule is CC(O)(CNC(=O)Cc1cccc(F)c1)c1ccccc1. The highest BCUT2D eigenvalue weighted by molar-refractivity contribution is 5.78. The summed E-state index contributed by atoms with van der Waals surface area (Å²) in [7, 11) is 0. The Kier molecular flexibility index (Phi) is 4.70. The van der Waals surface area contributed by atoms with Gasteiger partial charge in [0.15, 0.2) is 0 Å². The van der Waals surface area contributed by atoms with Crippen molar-refractivity contribution in [2.24, 2.45) is 0 Å². The summed E-state index contributed by atoms with van der Waals surface area (Å²) in [6.45, 7) is 1.75. The summed E-state index contributed by atoms with van der Waals surface area (Å²) < 4.78 is 13.0. The number of amides is 1. The van der Waals surface area contributed by atoms with E-state index in [1.165, 1.54) is 12.1 Å². The number of carbonyl (C=O) groups excluding carboxylic acids is 1. The monoisotopic (exact) mass is 287 g/mol. The van der Waals surface area contributed by atoms with Gasteiger partial charge in [-0.3, -0.25) is 4.79 Å². The number of hydrogen-bond acceptors (Lipinski definition) is 2. The van der Waals surface area contributed by atoms with Crippen LogP contribution in [0.4, 0.5) is 4.39 Å². The van der Waals surface area contributed by atoms with Gasteiger partial charge in [0.05, 0.1) is 13.0 Å². The van der Waals surface area contributed by atoms with Gasteiger partial charge in [0.2, 0.25) is 5.91 Å². The Balaban J connectivity index is 1.92. The molecule has 1 unspecified atom stereocenters. The third kappa shape index (κ3) is 4.39. The molecule has 0 saturated heterocycles. The molecule has 1 amide bonds. The number of aliphatic hydroxyl groups is 1. The predicted octanol–water partition coefficient (Wildman–Crippen LogP) is 2.39. The molecule has 0 fully saturated rings. The number of halogens is 1. The smallest absolute Gasteiger partial charge is 0.224 e. The molecule has 0 bridgehead atoms. The first-order valence-electron chi connectivity index (χ1n) is 6.76. The molecule has 4 heteroatoms. The van der Waals surface area contributed by atoms with E-state index in [4.69, 9.17) is 0 Å². The molecule has 0 aliphatic carbocycles. The Morgan fingerprint density at radius 3 is 2.57 bits per heavy atom. The van der Waals surface area contributed by atoms with Crippen LogP contribution in [0.25, 0.3) is 0 Å². The zero-order valence-electron chi connectivity index (χ0n) is 11.8. The summed E-state index contributed by atoms with van der Waals surface area (Å²) in [5.41, 5.74) is 0.196. The maximum absolute atomic E-state index is 13.0. The third-order valence-corrected chi connectivity index (χ3v) is 3.28. The van der Waals surface area contributed by atoms with Crippen molar-refractivity contribution in [3.63, 3.8) is 0 Å². The number of rotatable bonds is 5. The van der Waals surface area contributed by atoms with Crippen LogP contribution < -0.4 is 5.32 Å². The van der Waals surface area contributed by atoms with Crippen molar-refractivity contribution in [3.05, 3.63) is 71.5 Å². The Morgan fingerprint density at radius 2 is 1.90 bits per heavy atom. The van der Waals surface area contributed by atoms with Gasteiger partial charge in [-0.15, -0.1) is 0 Å². The Labute approximate surface area is 123 Å². The molecule has 0 heterocycles. The molecular formula is C17H18FNO2. The van der Waals surface area contributed by atoms with Crippen molar-refractivity contribution in [2.75, 3.05) is 6.54 Å². The van der Waals surface area contributed by atoms with E-state index in [0.29, 0.717) is 5.56 Å². The second-order valence-electron chi connectivity index (χ2n) is 5.22. The molecule has 1 atom stereocenters. The molecule has 0 aliphatic heterocycles. The van der Waals surface area contributed by atoms with Gasteiger partial charge in [-0.05, 0) is 30.2 Å². The highest BCUT2D eigenvalue weighted by atomic mass is 19.1. The lowest BCUT2D eigenvalue weighted by molar-refractivity contribution is -0.121. The third-order valence-electron chi connectivity index (χ3n) is 3.28. The van der Waals surface area contributed by atoms with E-state index in [-0.39, 0.29) is 24.7 Å². The molecule has 2 rings (SSSR count). The highest BCUT2D eigenvalue weighted by Crippen LogP contribution is 2.18. The van der Waals surface area contributed by atoms with E-state index in [2.05, 4.69) is 5.32 Å². The summed E-state index contributed by atoms with van der Waals surface area (Å²) in [5, 5.41) is 13.0. The van der Waals surface area contributed by atoms with Crippen molar-refractivity contribution >= 4 is 5.91 Å². The minimum atomic E-state index is -1.14. The maximum Gasteiger partial charge on any atom is 0.224 e. The maximum atomic E-state index is 13.0. The lowest BCUT2D eigenvalue weighted by atomic mass is 9.96. The summed E-state index contributed by atoms with van der Waals surface area (Å²) in [5.74, 6) is -0.617. The van der Waals surface area contributed by atoms with Crippen molar-refractivity contribution in [1.29, 1.82) is 0 Å². The van der Waals surface area contributed by atoms with Gasteiger partial charge in [-0.2, -0.15) is 0 Å². The number of carbonyl (C=O) groups is 1. The van der Waals surface area contributed by atoms with Crippen LogP contribution in [0, 0.1) is 5.82 Å².